The van der Waals surface area contributed by atoms with Crippen molar-refractivity contribution in [1.29, 1.82) is 0 Å². The molecule has 0 aliphatic heterocycles. The van der Waals surface area contributed by atoms with E-state index in [0.717, 1.165) is 25.7 Å². The van der Waals surface area contributed by atoms with E-state index in [1.165, 1.54) is 5.56 Å². The molecule has 0 spiro atoms. The maximum atomic E-state index is 12.6. The number of benzene rings is 1. The van der Waals surface area contributed by atoms with Crippen molar-refractivity contribution in [2.45, 2.75) is 32.6 Å². The van der Waals surface area contributed by atoms with Crippen molar-refractivity contribution in [3.8, 4) is 0 Å². The van der Waals surface area contributed by atoms with Gasteiger partial charge in [-0.05, 0) is 31.7 Å². The number of aryl methyl sites for hydroxylation is 1. The van der Waals surface area contributed by atoms with Gasteiger partial charge in [-0.2, -0.15) is 0 Å². The van der Waals surface area contributed by atoms with E-state index in [-0.39, 0.29) is 11.3 Å². The average Bonchev–Trinajstić information content (AvgIpc) is 2.46. The van der Waals surface area contributed by atoms with Crippen LogP contribution >= 0.6 is 0 Å². The second-order valence-corrected chi connectivity index (χ2v) is 5.77. The van der Waals surface area contributed by atoms with Gasteiger partial charge in [0.1, 0.15) is 5.82 Å². The normalized spacial score (nSPS) is 16.0. The molecule has 3 rings (SSSR count). The Hall–Kier alpha value is -2.23. The number of rotatable bonds is 4. The Kier molecular flexibility index (Phi) is 3.69. The lowest BCUT2D eigenvalue weighted by Crippen LogP contribution is -2.43. The summed E-state index contributed by atoms with van der Waals surface area (Å²) >= 11 is 0. The molecule has 21 heavy (non-hydrogen) atoms. The highest BCUT2D eigenvalue weighted by atomic mass is 16.2. The largest absolute Gasteiger partial charge is 0.323 e. The minimum Gasteiger partial charge on any atom is -0.323 e. The second-order valence-electron chi connectivity index (χ2n) is 5.77. The van der Waals surface area contributed by atoms with Crippen LogP contribution in [0.15, 0.2) is 42.7 Å². The van der Waals surface area contributed by atoms with Crippen LogP contribution in [0.1, 0.15) is 30.7 Å². The van der Waals surface area contributed by atoms with Crippen LogP contribution in [0.3, 0.4) is 0 Å². The summed E-state index contributed by atoms with van der Waals surface area (Å²) in [6, 6.07) is 10.2. The zero-order valence-corrected chi connectivity index (χ0v) is 12.2. The fraction of sp³-hybridized carbons (Fsp3) is 0.353. The van der Waals surface area contributed by atoms with Crippen LogP contribution in [-0.2, 0) is 11.2 Å². The van der Waals surface area contributed by atoms with Gasteiger partial charge in [0.2, 0.25) is 5.91 Å². The summed E-state index contributed by atoms with van der Waals surface area (Å²) in [4.78, 5) is 20.9. The predicted octanol–water partition coefficient (Wildman–Crippen LogP) is 3.14. The first-order chi connectivity index (χ1) is 10.2. The molecular formula is C17H19N3O. The third-order valence-electron chi connectivity index (χ3n) is 4.22. The Labute approximate surface area is 124 Å². The molecule has 0 bridgehead atoms. The van der Waals surface area contributed by atoms with Gasteiger partial charge in [0.25, 0.3) is 0 Å². The van der Waals surface area contributed by atoms with Crippen molar-refractivity contribution >= 4 is 11.6 Å². The summed E-state index contributed by atoms with van der Waals surface area (Å²) in [7, 11) is 0. The van der Waals surface area contributed by atoms with Crippen molar-refractivity contribution < 1.29 is 4.79 Å². The minimum atomic E-state index is -0.272. The number of hydrogen-bond acceptors (Lipinski definition) is 3. The van der Waals surface area contributed by atoms with Gasteiger partial charge in [-0.15, -0.1) is 0 Å². The maximum Gasteiger partial charge on any atom is 0.231 e. The summed E-state index contributed by atoms with van der Waals surface area (Å²) in [5.41, 5.74) is 1.61. The van der Waals surface area contributed by atoms with Crippen LogP contribution in [0.2, 0.25) is 0 Å². The van der Waals surface area contributed by atoms with E-state index in [1.807, 2.05) is 25.1 Å². The number of aromatic nitrogens is 2. The van der Waals surface area contributed by atoms with E-state index < -0.39 is 0 Å². The van der Waals surface area contributed by atoms with Crippen molar-refractivity contribution in [3.05, 3.63) is 54.1 Å². The zero-order chi connectivity index (χ0) is 14.7. The second kappa shape index (κ2) is 5.64. The number of nitrogens with one attached hydrogen (secondary N) is 1. The van der Waals surface area contributed by atoms with Crippen LogP contribution in [-0.4, -0.2) is 15.9 Å². The third kappa shape index (κ3) is 2.94. The van der Waals surface area contributed by atoms with Crippen molar-refractivity contribution in [1.82, 2.24) is 9.97 Å². The number of amides is 1. The van der Waals surface area contributed by atoms with Gasteiger partial charge >= 0.3 is 0 Å². The molecule has 4 heteroatoms. The molecular weight excluding hydrogens is 262 g/mol. The van der Waals surface area contributed by atoms with Gasteiger partial charge in [-0.3, -0.25) is 4.79 Å². The molecule has 108 valence electrons. The highest BCUT2D eigenvalue weighted by Gasteiger charge is 2.44. The summed E-state index contributed by atoms with van der Waals surface area (Å²) in [6.45, 7) is 1.83. The van der Waals surface area contributed by atoms with Crippen molar-refractivity contribution in [3.63, 3.8) is 0 Å². The lowest BCUT2D eigenvalue weighted by molar-refractivity contribution is -0.130. The molecule has 1 aliphatic rings. The first-order valence-corrected chi connectivity index (χ1v) is 7.32. The van der Waals surface area contributed by atoms with Gasteiger partial charge in [-0.1, -0.05) is 36.8 Å². The van der Waals surface area contributed by atoms with E-state index in [4.69, 9.17) is 0 Å². The minimum absolute atomic E-state index is 0.0880. The van der Waals surface area contributed by atoms with Crippen LogP contribution in [0.25, 0.3) is 0 Å². The summed E-state index contributed by atoms with van der Waals surface area (Å²) in [5.74, 6) is 0.792. The molecule has 1 heterocycles. The first kappa shape index (κ1) is 13.7. The van der Waals surface area contributed by atoms with E-state index in [2.05, 4.69) is 27.4 Å². The molecule has 0 saturated heterocycles. The third-order valence-corrected chi connectivity index (χ3v) is 4.22. The molecule has 1 amide bonds. The molecule has 1 aromatic heterocycles. The lowest BCUT2D eigenvalue weighted by atomic mass is 9.64. The molecule has 2 aromatic rings. The van der Waals surface area contributed by atoms with Crippen LogP contribution in [0.4, 0.5) is 5.69 Å². The van der Waals surface area contributed by atoms with Crippen LogP contribution in [0, 0.1) is 12.3 Å². The number of anilines is 1. The quantitative estimate of drug-likeness (QED) is 0.936. The van der Waals surface area contributed by atoms with Gasteiger partial charge in [0.15, 0.2) is 0 Å². The lowest BCUT2D eigenvalue weighted by Gasteiger charge is -2.40. The molecule has 0 atom stereocenters. The van der Waals surface area contributed by atoms with Gasteiger partial charge in [0, 0.05) is 0 Å². The van der Waals surface area contributed by atoms with Gasteiger partial charge in [-0.25, -0.2) is 9.97 Å². The molecule has 0 radical (unpaired) electrons. The highest BCUT2D eigenvalue weighted by molar-refractivity contribution is 5.95. The van der Waals surface area contributed by atoms with Crippen molar-refractivity contribution in [2.24, 2.45) is 5.41 Å². The first-order valence-electron chi connectivity index (χ1n) is 7.32. The van der Waals surface area contributed by atoms with E-state index in [9.17, 15) is 4.79 Å². The Balaban J connectivity index is 1.73. The molecule has 1 aliphatic carbocycles. The molecule has 0 unspecified atom stereocenters. The summed E-state index contributed by atoms with van der Waals surface area (Å²) in [5, 5.41) is 2.97. The van der Waals surface area contributed by atoms with Gasteiger partial charge in [0.05, 0.1) is 23.5 Å². The number of hydrogen-bond donors (Lipinski definition) is 1. The maximum absolute atomic E-state index is 12.6. The number of nitrogens with zero attached hydrogens (tertiary/aromatic N) is 2. The van der Waals surface area contributed by atoms with Crippen LogP contribution < -0.4 is 5.32 Å². The Morgan fingerprint density at radius 1 is 1.19 bits per heavy atom. The predicted molar refractivity (Wildman–Crippen MR) is 81.8 cm³/mol. The SMILES string of the molecule is Cc1ncc(NC(=O)C2(Cc3ccccc3)CCC2)cn1. The Morgan fingerprint density at radius 2 is 1.86 bits per heavy atom. The average molecular weight is 281 g/mol. The Bertz CT molecular complexity index is 618. The number of carbonyl (C=O) groups excluding carboxylic acids is 1. The monoisotopic (exact) mass is 281 g/mol. The van der Waals surface area contributed by atoms with Crippen LogP contribution in [0.5, 0.6) is 0 Å². The Morgan fingerprint density at radius 3 is 2.43 bits per heavy atom. The molecule has 1 saturated carbocycles. The fourth-order valence-corrected chi connectivity index (χ4v) is 2.80. The van der Waals surface area contributed by atoms with Crippen molar-refractivity contribution in [2.75, 3.05) is 5.32 Å². The van der Waals surface area contributed by atoms with E-state index in [1.54, 1.807) is 12.4 Å². The molecule has 4 nitrogen and oxygen atoms in total. The van der Waals surface area contributed by atoms with E-state index in [0.29, 0.717) is 11.5 Å². The highest BCUT2D eigenvalue weighted by Crippen LogP contribution is 2.44. The molecule has 1 N–H and O–H groups in total. The standard InChI is InChI=1S/C17H19N3O/c1-13-18-11-15(12-19-13)20-16(21)17(8-5-9-17)10-14-6-3-2-4-7-14/h2-4,6-7,11-12H,5,8-10H2,1H3,(H,20,21). The topological polar surface area (TPSA) is 54.9 Å². The zero-order valence-electron chi connectivity index (χ0n) is 12.2. The van der Waals surface area contributed by atoms with E-state index >= 15 is 0 Å². The van der Waals surface area contributed by atoms with Gasteiger partial charge < -0.3 is 5.32 Å². The smallest absolute Gasteiger partial charge is 0.231 e. The molecule has 1 aromatic carbocycles. The number of carbonyl (C=O) groups is 1. The fourth-order valence-electron chi connectivity index (χ4n) is 2.80. The summed E-state index contributed by atoms with van der Waals surface area (Å²) in [6.07, 6.45) is 7.13. The summed E-state index contributed by atoms with van der Waals surface area (Å²) < 4.78 is 0. The molecule has 1 fully saturated rings.